The highest BCUT2D eigenvalue weighted by atomic mass is 32.2. The second kappa shape index (κ2) is 6.32. The molecule has 0 aromatic heterocycles. The van der Waals surface area contributed by atoms with Crippen molar-refractivity contribution < 1.29 is 13.5 Å². The molecule has 4 nitrogen and oxygen atoms in total. The fraction of sp³-hybridized carbons (Fsp3) is 1.00. The molecule has 1 heterocycles. The van der Waals surface area contributed by atoms with E-state index in [0.29, 0.717) is 19.0 Å². The van der Waals surface area contributed by atoms with Crippen LogP contribution in [0.3, 0.4) is 0 Å². The van der Waals surface area contributed by atoms with E-state index in [0.717, 1.165) is 32.1 Å². The fourth-order valence-corrected chi connectivity index (χ4v) is 4.76. The van der Waals surface area contributed by atoms with Crippen LogP contribution in [0.4, 0.5) is 0 Å². The first-order valence-electron chi connectivity index (χ1n) is 7.94. The topological polar surface area (TPSA) is 57.6 Å². The van der Waals surface area contributed by atoms with Gasteiger partial charge in [-0.05, 0) is 43.4 Å². The zero-order valence-electron chi connectivity index (χ0n) is 12.8. The maximum absolute atomic E-state index is 11.6. The maximum atomic E-state index is 11.6. The second-order valence-corrected chi connectivity index (χ2v) is 9.08. The normalized spacial score (nSPS) is 30.1. The summed E-state index contributed by atoms with van der Waals surface area (Å²) in [5.41, 5.74) is 0.0472. The first-order chi connectivity index (χ1) is 9.31. The number of piperidine rings is 1. The largest absolute Gasteiger partial charge is 0.393 e. The Kier molecular flexibility index (Phi) is 5.14. The molecule has 20 heavy (non-hydrogen) atoms. The summed E-state index contributed by atoms with van der Waals surface area (Å²) in [6.45, 7) is 3.43. The molecule has 0 amide bonds. The Labute approximate surface area is 123 Å². The molecule has 0 bridgehead atoms. The SMILES string of the molecule is CC1(C(O)CC2CCCN(S(C)(=O)=O)C2)CCCCC1. The quantitative estimate of drug-likeness (QED) is 0.867. The van der Waals surface area contributed by atoms with Crippen LogP contribution in [0, 0.1) is 11.3 Å². The van der Waals surface area contributed by atoms with E-state index in [1.165, 1.54) is 25.5 Å². The zero-order chi connectivity index (χ0) is 14.8. The van der Waals surface area contributed by atoms with E-state index in [2.05, 4.69) is 6.92 Å². The molecule has 2 atom stereocenters. The van der Waals surface area contributed by atoms with Gasteiger partial charge < -0.3 is 5.11 Å². The molecule has 2 rings (SSSR count). The Balaban J connectivity index is 1.92. The van der Waals surface area contributed by atoms with Gasteiger partial charge in [-0.25, -0.2) is 12.7 Å². The van der Waals surface area contributed by atoms with Crippen LogP contribution < -0.4 is 0 Å². The minimum atomic E-state index is -3.08. The molecule has 1 aliphatic heterocycles. The first-order valence-corrected chi connectivity index (χ1v) is 9.79. The molecule has 1 N–H and O–H groups in total. The molecule has 0 aromatic carbocycles. The molecule has 2 fully saturated rings. The van der Waals surface area contributed by atoms with Crippen molar-refractivity contribution in [3.8, 4) is 0 Å². The number of aliphatic hydroxyl groups is 1. The Morgan fingerprint density at radius 1 is 1.25 bits per heavy atom. The molecule has 5 heteroatoms. The van der Waals surface area contributed by atoms with Crippen LogP contribution >= 0.6 is 0 Å². The summed E-state index contributed by atoms with van der Waals surface area (Å²) in [6, 6.07) is 0. The third-order valence-corrected chi connectivity index (χ3v) is 6.58. The Hall–Kier alpha value is -0.130. The van der Waals surface area contributed by atoms with Gasteiger partial charge >= 0.3 is 0 Å². The van der Waals surface area contributed by atoms with E-state index in [1.54, 1.807) is 4.31 Å². The van der Waals surface area contributed by atoms with Crippen LogP contribution in [-0.4, -0.2) is 43.3 Å². The molecule has 0 spiro atoms. The van der Waals surface area contributed by atoms with E-state index in [9.17, 15) is 13.5 Å². The fourth-order valence-electron chi connectivity index (χ4n) is 3.81. The number of nitrogens with zero attached hydrogens (tertiary/aromatic N) is 1. The summed E-state index contributed by atoms with van der Waals surface area (Å²) in [4.78, 5) is 0. The summed E-state index contributed by atoms with van der Waals surface area (Å²) in [6.07, 6.45) is 9.65. The molecule has 2 aliphatic rings. The third kappa shape index (κ3) is 3.95. The maximum Gasteiger partial charge on any atom is 0.211 e. The van der Waals surface area contributed by atoms with E-state index in [1.807, 2.05) is 0 Å². The Bertz CT molecular complexity index is 415. The minimum Gasteiger partial charge on any atom is -0.393 e. The smallest absolute Gasteiger partial charge is 0.211 e. The number of hydrogen-bond acceptors (Lipinski definition) is 3. The van der Waals surface area contributed by atoms with E-state index < -0.39 is 10.0 Å². The first kappa shape index (κ1) is 16.2. The number of rotatable bonds is 4. The summed E-state index contributed by atoms with van der Waals surface area (Å²) < 4.78 is 24.9. The molecule has 118 valence electrons. The number of hydrogen-bond donors (Lipinski definition) is 1. The number of aliphatic hydroxyl groups excluding tert-OH is 1. The van der Waals surface area contributed by atoms with Crippen LogP contribution in [0.2, 0.25) is 0 Å². The minimum absolute atomic E-state index is 0.0472. The Morgan fingerprint density at radius 3 is 2.50 bits per heavy atom. The molecule has 0 radical (unpaired) electrons. The molecule has 1 aliphatic carbocycles. The lowest BCUT2D eigenvalue weighted by Gasteiger charge is -2.40. The van der Waals surface area contributed by atoms with Crippen LogP contribution in [0.25, 0.3) is 0 Å². The van der Waals surface area contributed by atoms with Crippen molar-refractivity contribution in [1.82, 2.24) is 4.31 Å². The van der Waals surface area contributed by atoms with Crippen LogP contribution in [-0.2, 0) is 10.0 Å². The summed E-state index contributed by atoms with van der Waals surface area (Å²) in [5, 5.41) is 10.6. The van der Waals surface area contributed by atoms with Crippen LogP contribution in [0.15, 0.2) is 0 Å². The molecule has 1 saturated carbocycles. The lowest BCUT2D eigenvalue weighted by Crippen LogP contribution is -2.42. The van der Waals surface area contributed by atoms with Crippen molar-refractivity contribution in [3.05, 3.63) is 0 Å². The van der Waals surface area contributed by atoms with Gasteiger partial charge in [-0.15, -0.1) is 0 Å². The zero-order valence-corrected chi connectivity index (χ0v) is 13.7. The summed E-state index contributed by atoms with van der Waals surface area (Å²) in [5.74, 6) is 0.312. The van der Waals surface area contributed by atoms with Crippen molar-refractivity contribution in [2.24, 2.45) is 11.3 Å². The van der Waals surface area contributed by atoms with Gasteiger partial charge in [-0.2, -0.15) is 0 Å². The molecule has 2 unspecified atom stereocenters. The number of sulfonamides is 1. The molecular weight excluding hydrogens is 274 g/mol. The van der Waals surface area contributed by atoms with Crippen LogP contribution in [0.5, 0.6) is 0 Å². The second-order valence-electron chi connectivity index (χ2n) is 7.10. The van der Waals surface area contributed by atoms with Crippen molar-refractivity contribution in [3.63, 3.8) is 0 Å². The van der Waals surface area contributed by atoms with Gasteiger partial charge in [0.15, 0.2) is 0 Å². The highest BCUT2D eigenvalue weighted by Gasteiger charge is 2.37. The van der Waals surface area contributed by atoms with Gasteiger partial charge in [-0.1, -0.05) is 26.2 Å². The van der Waals surface area contributed by atoms with E-state index >= 15 is 0 Å². The monoisotopic (exact) mass is 303 g/mol. The average molecular weight is 303 g/mol. The summed E-state index contributed by atoms with van der Waals surface area (Å²) in [7, 11) is -3.08. The van der Waals surface area contributed by atoms with Crippen molar-refractivity contribution in [1.29, 1.82) is 0 Å². The predicted octanol–water partition coefficient (Wildman–Crippen LogP) is 2.38. The van der Waals surface area contributed by atoms with Gasteiger partial charge in [0.05, 0.1) is 12.4 Å². The summed E-state index contributed by atoms with van der Waals surface area (Å²) >= 11 is 0. The molecular formula is C15H29NO3S. The van der Waals surface area contributed by atoms with Gasteiger partial charge in [0.1, 0.15) is 0 Å². The Morgan fingerprint density at radius 2 is 1.90 bits per heavy atom. The van der Waals surface area contributed by atoms with Gasteiger partial charge in [-0.3, -0.25) is 0 Å². The van der Waals surface area contributed by atoms with Crippen molar-refractivity contribution in [2.75, 3.05) is 19.3 Å². The molecule has 0 aromatic rings. The predicted molar refractivity (Wildman–Crippen MR) is 81.0 cm³/mol. The lowest BCUT2D eigenvalue weighted by atomic mass is 9.69. The van der Waals surface area contributed by atoms with Gasteiger partial charge in [0, 0.05) is 13.1 Å². The molecule has 1 saturated heterocycles. The standard InChI is InChI=1S/C15H29NO3S/c1-15(8-4-3-5-9-15)14(17)11-13-7-6-10-16(12-13)20(2,18)19/h13-14,17H,3-12H2,1-2H3. The lowest BCUT2D eigenvalue weighted by molar-refractivity contribution is -0.0110. The van der Waals surface area contributed by atoms with Crippen molar-refractivity contribution in [2.45, 2.75) is 64.4 Å². The van der Waals surface area contributed by atoms with Crippen molar-refractivity contribution >= 4 is 10.0 Å². The average Bonchev–Trinajstić information content (AvgIpc) is 2.39. The van der Waals surface area contributed by atoms with Crippen LogP contribution in [0.1, 0.15) is 58.3 Å². The third-order valence-electron chi connectivity index (χ3n) is 5.31. The van der Waals surface area contributed by atoms with E-state index in [4.69, 9.17) is 0 Å². The van der Waals surface area contributed by atoms with Gasteiger partial charge in [0.2, 0.25) is 10.0 Å². The van der Waals surface area contributed by atoms with Gasteiger partial charge in [0.25, 0.3) is 0 Å². The highest BCUT2D eigenvalue weighted by Crippen LogP contribution is 2.41. The van der Waals surface area contributed by atoms with E-state index in [-0.39, 0.29) is 11.5 Å². The highest BCUT2D eigenvalue weighted by molar-refractivity contribution is 7.88.